The maximum atomic E-state index is 5.98. The first-order valence-corrected chi connectivity index (χ1v) is 9.57. The summed E-state index contributed by atoms with van der Waals surface area (Å²) in [5.41, 5.74) is 3.12. The van der Waals surface area contributed by atoms with E-state index in [1.807, 2.05) is 42.5 Å². The van der Waals surface area contributed by atoms with Crippen molar-refractivity contribution in [3.05, 3.63) is 71.3 Å². The summed E-state index contributed by atoms with van der Waals surface area (Å²) in [4.78, 5) is 0. The molecule has 2 aromatic carbocycles. The second-order valence-corrected chi connectivity index (χ2v) is 7.61. The number of hydrogen-bond donors (Lipinski definition) is 0. The minimum Gasteiger partial charge on any atom is -0.496 e. The molecule has 0 saturated carbocycles. The molecule has 2 aromatic rings. The van der Waals surface area contributed by atoms with Gasteiger partial charge in [-0.2, -0.15) is 0 Å². The van der Waals surface area contributed by atoms with E-state index in [0.717, 1.165) is 28.2 Å². The summed E-state index contributed by atoms with van der Waals surface area (Å²) in [7, 11) is 3.37. The highest BCUT2D eigenvalue weighted by Crippen LogP contribution is 2.34. The zero-order valence-corrected chi connectivity index (χ0v) is 17.7. The molecule has 0 heterocycles. The second kappa shape index (κ2) is 10.9. The highest BCUT2D eigenvalue weighted by atomic mass is 16.5. The third kappa shape index (κ3) is 6.70. The Morgan fingerprint density at radius 3 is 2.29 bits per heavy atom. The summed E-state index contributed by atoms with van der Waals surface area (Å²) in [6, 6.07) is 18.1. The largest absolute Gasteiger partial charge is 0.496 e. The third-order valence-electron chi connectivity index (χ3n) is 4.41. The number of rotatable bonds is 10. The number of ether oxygens (including phenoxy) is 4. The molecule has 2 rings (SSSR count). The Balaban J connectivity index is 2.23. The smallest absolute Gasteiger partial charge is 0.128 e. The molecule has 0 aliphatic heterocycles. The van der Waals surface area contributed by atoms with Gasteiger partial charge in [0.2, 0.25) is 0 Å². The monoisotopic (exact) mass is 384 g/mol. The quantitative estimate of drug-likeness (QED) is 0.410. The molecular weight excluding hydrogens is 352 g/mol. The molecule has 0 aromatic heterocycles. The molecule has 0 N–H and O–H groups in total. The predicted molar refractivity (Wildman–Crippen MR) is 113 cm³/mol. The van der Waals surface area contributed by atoms with E-state index in [0.29, 0.717) is 26.4 Å². The van der Waals surface area contributed by atoms with Crippen LogP contribution in [0.25, 0.3) is 5.76 Å². The van der Waals surface area contributed by atoms with Gasteiger partial charge in [-0.3, -0.25) is 0 Å². The van der Waals surface area contributed by atoms with E-state index < -0.39 is 0 Å². The number of benzene rings is 2. The standard InChI is InChI=1S/C24H32O4/c1-24(2,3)22(18-27-15-14-25-4)23(26-5)20-12-9-13-21(16-20)28-17-19-10-7-6-8-11-19/h6-13,16H,14-15,17-18H2,1-5H3/b23-22-. The van der Waals surface area contributed by atoms with Crippen molar-refractivity contribution in [1.29, 1.82) is 0 Å². The molecule has 0 spiro atoms. The number of methoxy groups -OCH3 is 2. The highest BCUT2D eigenvalue weighted by Gasteiger charge is 2.23. The second-order valence-electron chi connectivity index (χ2n) is 7.61. The average molecular weight is 385 g/mol. The van der Waals surface area contributed by atoms with Crippen molar-refractivity contribution in [3.8, 4) is 5.75 Å². The van der Waals surface area contributed by atoms with Gasteiger partial charge in [0.15, 0.2) is 0 Å². The Morgan fingerprint density at radius 1 is 0.893 bits per heavy atom. The van der Waals surface area contributed by atoms with Crippen LogP contribution in [0.2, 0.25) is 0 Å². The van der Waals surface area contributed by atoms with E-state index in [1.54, 1.807) is 14.2 Å². The van der Waals surface area contributed by atoms with Gasteiger partial charge in [0.05, 0.1) is 26.9 Å². The van der Waals surface area contributed by atoms with Crippen molar-refractivity contribution in [2.24, 2.45) is 5.41 Å². The van der Waals surface area contributed by atoms with Gasteiger partial charge in [0.1, 0.15) is 18.1 Å². The molecule has 0 fully saturated rings. The van der Waals surface area contributed by atoms with E-state index in [2.05, 4.69) is 32.9 Å². The van der Waals surface area contributed by atoms with Gasteiger partial charge in [-0.1, -0.05) is 63.2 Å². The van der Waals surface area contributed by atoms with Gasteiger partial charge >= 0.3 is 0 Å². The first kappa shape index (κ1) is 22.0. The molecule has 0 aliphatic rings. The Kier molecular flexibility index (Phi) is 8.55. The van der Waals surface area contributed by atoms with Crippen molar-refractivity contribution < 1.29 is 18.9 Å². The van der Waals surface area contributed by atoms with E-state index in [4.69, 9.17) is 18.9 Å². The first-order valence-electron chi connectivity index (χ1n) is 9.57. The fraction of sp³-hybridized carbons (Fsp3) is 0.417. The van der Waals surface area contributed by atoms with Gasteiger partial charge in [0.25, 0.3) is 0 Å². The van der Waals surface area contributed by atoms with E-state index in [-0.39, 0.29) is 5.41 Å². The zero-order valence-electron chi connectivity index (χ0n) is 17.7. The van der Waals surface area contributed by atoms with Crippen LogP contribution in [0.3, 0.4) is 0 Å². The zero-order chi connectivity index (χ0) is 20.4. The van der Waals surface area contributed by atoms with Crippen molar-refractivity contribution in [3.63, 3.8) is 0 Å². The van der Waals surface area contributed by atoms with Crippen LogP contribution in [0.15, 0.2) is 60.2 Å². The van der Waals surface area contributed by atoms with Crippen molar-refractivity contribution in [1.82, 2.24) is 0 Å². The predicted octanol–water partition coefficient (Wildman–Crippen LogP) is 5.33. The maximum Gasteiger partial charge on any atom is 0.128 e. The minimum atomic E-state index is -0.0979. The Morgan fingerprint density at radius 2 is 1.64 bits per heavy atom. The summed E-state index contributed by atoms with van der Waals surface area (Å²) >= 11 is 0. The SMILES string of the molecule is COCCOC/C(=C(/OC)c1cccc(OCc2ccccc2)c1)C(C)(C)C. The van der Waals surface area contributed by atoms with Gasteiger partial charge in [-0.25, -0.2) is 0 Å². The van der Waals surface area contributed by atoms with Crippen LogP contribution in [0.5, 0.6) is 5.75 Å². The summed E-state index contributed by atoms with van der Waals surface area (Å²) in [6.07, 6.45) is 0. The van der Waals surface area contributed by atoms with Crippen molar-refractivity contribution >= 4 is 5.76 Å². The minimum absolute atomic E-state index is 0.0979. The molecule has 0 saturated heterocycles. The first-order chi connectivity index (χ1) is 13.5. The summed E-state index contributed by atoms with van der Waals surface area (Å²) in [5.74, 6) is 1.64. The van der Waals surface area contributed by atoms with Crippen LogP contribution < -0.4 is 4.74 Å². The van der Waals surface area contributed by atoms with Crippen LogP contribution in [-0.4, -0.2) is 34.0 Å². The molecule has 152 valence electrons. The Hall–Kier alpha value is -2.30. The lowest BCUT2D eigenvalue weighted by atomic mass is 9.84. The molecule has 28 heavy (non-hydrogen) atoms. The molecular formula is C24H32O4. The van der Waals surface area contributed by atoms with E-state index in [1.165, 1.54) is 0 Å². The normalized spacial score (nSPS) is 12.5. The van der Waals surface area contributed by atoms with Crippen LogP contribution in [0.1, 0.15) is 31.9 Å². The van der Waals surface area contributed by atoms with Gasteiger partial charge in [-0.15, -0.1) is 0 Å². The fourth-order valence-electron chi connectivity index (χ4n) is 2.82. The molecule has 0 atom stereocenters. The molecule has 4 heteroatoms. The highest BCUT2D eigenvalue weighted by molar-refractivity contribution is 5.65. The Labute approximate surface area is 169 Å². The van der Waals surface area contributed by atoms with E-state index in [9.17, 15) is 0 Å². The van der Waals surface area contributed by atoms with Crippen molar-refractivity contribution in [2.75, 3.05) is 34.0 Å². The van der Waals surface area contributed by atoms with Crippen molar-refractivity contribution in [2.45, 2.75) is 27.4 Å². The van der Waals surface area contributed by atoms with E-state index >= 15 is 0 Å². The molecule has 0 aliphatic carbocycles. The van der Waals surface area contributed by atoms with Gasteiger partial charge in [-0.05, 0) is 23.1 Å². The topological polar surface area (TPSA) is 36.9 Å². The average Bonchev–Trinajstić information content (AvgIpc) is 2.69. The van der Waals surface area contributed by atoms with Crippen LogP contribution >= 0.6 is 0 Å². The maximum absolute atomic E-state index is 5.98. The lowest BCUT2D eigenvalue weighted by Crippen LogP contribution is -2.19. The van der Waals surface area contributed by atoms with Crippen LogP contribution in [0.4, 0.5) is 0 Å². The molecule has 0 unspecified atom stereocenters. The lowest BCUT2D eigenvalue weighted by molar-refractivity contribution is 0.0764. The molecule has 0 bridgehead atoms. The van der Waals surface area contributed by atoms with Gasteiger partial charge < -0.3 is 18.9 Å². The van der Waals surface area contributed by atoms with Crippen LogP contribution in [0, 0.1) is 5.41 Å². The fourth-order valence-corrected chi connectivity index (χ4v) is 2.82. The third-order valence-corrected chi connectivity index (χ3v) is 4.41. The lowest BCUT2D eigenvalue weighted by Gasteiger charge is -2.26. The van der Waals surface area contributed by atoms with Gasteiger partial charge in [0, 0.05) is 18.2 Å². The summed E-state index contributed by atoms with van der Waals surface area (Å²) < 4.78 is 22.7. The summed E-state index contributed by atoms with van der Waals surface area (Å²) in [6.45, 7) is 8.63. The summed E-state index contributed by atoms with van der Waals surface area (Å²) in [5, 5.41) is 0. The van der Waals surface area contributed by atoms with Crippen LogP contribution in [-0.2, 0) is 20.8 Å². The molecule has 0 amide bonds. The number of hydrogen-bond acceptors (Lipinski definition) is 4. The Bertz CT molecular complexity index is 745. The molecule has 0 radical (unpaired) electrons. The molecule has 4 nitrogen and oxygen atoms in total.